The highest BCUT2D eigenvalue weighted by Gasteiger charge is 2.11. The molecular weight excluding hydrogens is 282 g/mol. The molecule has 0 unspecified atom stereocenters. The summed E-state index contributed by atoms with van der Waals surface area (Å²) in [5.74, 6) is -1.32. The molecule has 6 nitrogen and oxygen atoms in total. The lowest BCUT2D eigenvalue weighted by Gasteiger charge is -2.06. The molecule has 104 valence electrons. The molecule has 2 rings (SSSR count). The maximum atomic E-state index is 12.1. The van der Waals surface area contributed by atoms with Crippen LogP contribution in [0.5, 0.6) is 0 Å². The van der Waals surface area contributed by atoms with E-state index in [1.54, 1.807) is 25.1 Å². The fourth-order valence-corrected chi connectivity index (χ4v) is 1.86. The first-order valence-corrected chi connectivity index (χ1v) is 6.15. The zero-order valence-corrected chi connectivity index (χ0v) is 11.4. The highest BCUT2D eigenvalue weighted by atomic mass is 35.5. The first kappa shape index (κ1) is 14.1. The predicted molar refractivity (Wildman–Crippen MR) is 74.0 cm³/mol. The van der Waals surface area contributed by atoms with E-state index in [1.807, 2.05) is 0 Å². The summed E-state index contributed by atoms with van der Waals surface area (Å²) in [5.41, 5.74) is 1.68. The van der Waals surface area contributed by atoms with Crippen molar-refractivity contribution >= 4 is 29.2 Å². The number of hydrogen-bond donors (Lipinski definition) is 2. The number of carboxylic acid groups (broad SMARTS) is 1. The summed E-state index contributed by atoms with van der Waals surface area (Å²) in [6, 6.07) is 5.04. The number of carbonyl (C=O) groups excluding carboxylic acids is 1. The normalized spacial score (nSPS) is 10.3. The van der Waals surface area contributed by atoms with Crippen molar-refractivity contribution < 1.29 is 14.7 Å². The number of aromatic nitrogens is 2. The van der Waals surface area contributed by atoms with E-state index in [0.29, 0.717) is 16.3 Å². The number of anilines is 1. The molecule has 2 aromatic rings. The molecule has 1 aromatic heterocycles. The molecule has 1 aromatic carbocycles. The van der Waals surface area contributed by atoms with Crippen molar-refractivity contribution in [2.75, 3.05) is 5.32 Å². The minimum atomic E-state index is -1.00. The molecule has 20 heavy (non-hydrogen) atoms. The second-order valence-electron chi connectivity index (χ2n) is 4.23. The van der Waals surface area contributed by atoms with Gasteiger partial charge in [-0.2, -0.15) is 5.10 Å². The van der Waals surface area contributed by atoms with Gasteiger partial charge in [-0.3, -0.25) is 14.3 Å². The number of rotatable bonds is 4. The minimum Gasteiger partial charge on any atom is -0.480 e. The summed E-state index contributed by atoms with van der Waals surface area (Å²) < 4.78 is 1.22. The molecule has 0 aliphatic carbocycles. The number of benzene rings is 1. The Balaban J connectivity index is 2.13. The molecule has 0 atom stereocenters. The smallest absolute Gasteiger partial charge is 0.325 e. The number of aryl methyl sites for hydroxylation is 1. The summed E-state index contributed by atoms with van der Waals surface area (Å²) >= 11 is 5.86. The van der Waals surface area contributed by atoms with E-state index >= 15 is 0 Å². The summed E-state index contributed by atoms with van der Waals surface area (Å²) in [7, 11) is 0. The van der Waals surface area contributed by atoms with Gasteiger partial charge in [0.1, 0.15) is 6.54 Å². The number of carbonyl (C=O) groups is 2. The van der Waals surface area contributed by atoms with Crippen molar-refractivity contribution in [3.8, 4) is 0 Å². The molecule has 0 bridgehead atoms. The second kappa shape index (κ2) is 5.75. The first-order valence-electron chi connectivity index (χ1n) is 5.77. The van der Waals surface area contributed by atoms with E-state index in [9.17, 15) is 9.59 Å². The lowest BCUT2D eigenvalue weighted by atomic mass is 10.1. The SMILES string of the molecule is Cc1ccc(Cl)cc1C(=O)Nc1cnn(CC(=O)O)c1. The van der Waals surface area contributed by atoms with Crippen LogP contribution < -0.4 is 5.32 Å². The Morgan fingerprint density at radius 2 is 2.20 bits per heavy atom. The van der Waals surface area contributed by atoms with Crippen LogP contribution in [0.15, 0.2) is 30.6 Å². The van der Waals surface area contributed by atoms with Crippen molar-refractivity contribution in [1.82, 2.24) is 9.78 Å². The molecule has 0 radical (unpaired) electrons. The average Bonchev–Trinajstić information content (AvgIpc) is 2.78. The topological polar surface area (TPSA) is 84.2 Å². The molecule has 0 aliphatic rings. The maximum Gasteiger partial charge on any atom is 0.325 e. The Hall–Kier alpha value is -2.34. The number of amides is 1. The summed E-state index contributed by atoms with van der Waals surface area (Å²) in [6.45, 7) is 1.55. The quantitative estimate of drug-likeness (QED) is 0.905. The van der Waals surface area contributed by atoms with Gasteiger partial charge in [0.05, 0.1) is 11.9 Å². The van der Waals surface area contributed by atoms with E-state index in [1.165, 1.54) is 17.1 Å². The Kier molecular flexibility index (Phi) is 4.05. The van der Waals surface area contributed by atoms with Crippen LogP contribution in [0.3, 0.4) is 0 Å². The largest absolute Gasteiger partial charge is 0.480 e. The van der Waals surface area contributed by atoms with Crippen molar-refractivity contribution in [1.29, 1.82) is 0 Å². The van der Waals surface area contributed by atoms with Crippen LogP contribution in [-0.4, -0.2) is 26.8 Å². The molecule has 7 heteroatoms. The Morgan fingerprint density at radius 3 is 2.90 bits per heavy atom. The lowest BCUT2D eigenvalue weighted by molar-refractivity contribution is -0.137. The fourth-order valence-electron chi connectivity index (χ4n) is 1.69. The van der Waals surface area contributed by atoms with Gasteiger partial charge in [0.2, 0.25) is 0 Å². The fraction of sp³-hybridized carbons (Fsp3) is 0.154. The minimum absolute atomic E-state index is 0.258. The van der Waals surface area contributed by atoms with E-state index < -0.39 is 5.97 Å². The van der Waals surface area contributed by atoms with Crippen LogP contribution in [0.4, 0.5) is 5.69 Å². The van der Waals surface area contributed by atoms with E-state index in [2.05, 4.69) is 10.4 Å². The Morgan fingerprint density at radius 1 is 1.45 bits per heavy atom. The zero-order valence-electron chi connectivity index (χ0n) is 10.6. The van der Waals surface area contributed by atoms with Crippen LogP contribution in [0, 0.1) is 6.92 Å². The summed E-state index contributed by atoms with van der Waals surface area (Å²) in [5, 5.41) is 15.6. The standard InChI is InChI=1S/C13H12ClN3O3/c1-8-2-3-9(14)4-11(8)13(20)16-10-5-15-17(6-10)7-12(18)19/h2-6H,7H2,1H3,(H,16,20)(H,18,19). The van der Waals surface area contributed by atoms with Gasteiger partial charge in [-0.1, -0.05) is 17.7 Å². The van der Waals surface area contributed by atoms with Gasteiger partial charge in [-0.25, -0.2) is 0 Å². The highest BCUT2D eigenvalue weighted by Crippen LogP contribution is 2.17. The molecule has 0 fully saturated rings. The monoisotopic (exact) mass is 293 g/mol. The Bertz CT molecular complexity index is 667. The maximum absolute atomic E-state index is 12.1. The van der Waals surface area contributed by atoms with Gasteiger partial charge in [0.15, 0.2) is 0 Å². The number of nitrogens with one attached hydrogen (secondary N) is 1. The predicted octanol–water partition coefficient (Wildman–Crippen LogP) is 2.18. The van der Waals surface area contributed by atoms with Crippen LogP contribution in [-0.2, 0) is 11.3 Å². The van der Waals surface area contributed by atoms with Gasteiger partial charge in [-0.15, -0.1) is 0 Å². The third-order valence-electron chi connectivity index (χ3n) is 2.63. The summed E-state index contributed by atoms with van der Waals surface area (Å²) in [4.78, 5) is 22.6. The molecule has 2 N–H and O–H groups in total. The van der Waals surface area contributed by atoms with Crippen LogP contribution >= 0.6 is 11.6 Å². The highest BCUT2D eigenvalue weighted by molar-refractivity contribution is 6.31. The molecule has 0 aliphatic heterocycles. The van der Waals surface area contributed by atoms with Crippen molar-refractivity contribution in [2.45, 2.75) is 13.5 Å². The number of nitrogens with zero attached hydrogens (tertiary/aromatic N) is 2. The van der Waals surface area contributed by atoms with E-state index in [-0.39, 0.29) is 12.5 Å². The number of halogens is 1. The third kappa shape index (κ3) is 3.36. The molecule has 1 heterocycles. The van der Waals surface area contributed by atoms with E-state index in [4.69, 9.17) is 16.7 Å². The number of hydrogen-bond acceptors (Lipinski definition) is 3. The lowest BCUT2D eigenvalue weighted by Crippen LogP contribution is -2.13. The van der Waals surface area contributed by atoms with Gasteiger partial charge in [0, 0.05) is 16.8 Å². The van der Waals surface area contributed by atoms with Crippen molar-refractivity contribution in [3.05, 3.63) is 46.7 Å². The molecule has 0 saturated heterocycles. The first-order chi connectivity index (χ1) is 9.45. The van der Waals surface area contributed by atoms with Gasteiger partial charge >= 0.3 is 5.97 Å². The second-order valence-corrected chi connectivity index (χ2v) is 4.67. The van der Waals surface area contributed by atoms with Crippen LogP contribution in [0.2, 0.25) is 5.02 Å². The third-order valence-corrected chi connectivity index (χ3v) is 2.87. The van der Waals surface area contributed by atoms with E-state index in [0.717, 1.165) is 5.56 Å². The summed E-state index contributed by atoms with van der Waals surface area (Å²) in [6.07, 6.45) is 2.84. The van der Waals surface area contributed by atoms with Crippen LogP contribution in [0.1, 0.15) is 15.9 Å². The number of carboxylic acids is 1. The van der Waals surface area contributed by atoms with Crippen LogP contribution in [0.25, 0.3) is 0 Å². The average molecular weight is 294 g/mol. The van der Waals surface area contributed by atoms with Gasteiger partial charge in [0.25, 0.3) is 5.91 Å². The molecule has 1 amide bonds. The van der Waals surface area contributed by atoms with Gasteiger partial charge < -0.3 is 10.4 Å². The molecule has 0 saturated carbocycles. The Labute approximate surface area is 120 Å². The van der Waals surface area contributed by atoms with Crippen molar-refractivity contribution in [2.24, 2.45) is 0 Å². The number of aliphatic carboxylic acids is 1. The van der Waals surface area contributed by atoms with Crippen molar-refractivity contribution in [3.63, 3.8) is 0 Å². The zero-order chi connectivity index (χ0) is 14.7. The molecule has 0 spiro atoms. The molecular formula is C13H12ClN3O3. The van der Waals surface area contributed by atoms with Gasteiger partial charge in [-0.05, 0) is 24.6 Å².